The summed E-state index contributed by atoms with van der Waals surface area (Å²) in [5.41, 5.74) is 3.14. The predicted molar refractivity (Wildman–Crippen MR) is 105 cm³/mol. The minimum atomic E-state index is -0.219. The van der Waals surface area contributed by atoms with E-state index in [0.717, 1.165) is 16.9 Å². The predicted octanol–water partition coefficient (Wildman–Crippen LogP) is 3.69. The number of benzene rings is 2. The van der Waals surface area contributed by atoms with E-state index in [1.807, 2.05) is 73.6 Å². The molecule has 3 rings (SSSR count). The highest BCUT2D eigenvalue weighted by molar-refractivity contribution is 8.24. The molecule has 24 heavy (non-hydrogen) atoms. The van der Waals surface area contributed by atoms with E-state index in [1.54, 1.807) is 5.01 Å². The number of rotatable bonds is 5. The summed E-state index contributed by atoms with van der Waals surface area (Å²) in [6.45, 7) is 2.60. The van der Waals surface area contributed by atoms with Gasteiger partial charge in [-0.25, -0.2) is 5.01 Å². The summed E-state index contributed by atoms with van der Waals surface area (Å²) < 4.78 is 0.586. The van der Waals surface area contributed by atoms with Gasteiger partial charge in [-0.1, -0.05) is 60.4 Å². The number of aryl methyl sites for hydroxylation is 1. The van der Waals surface area contributed by atoms with Crippen molar-refractivity contribution in [2.45, 2.75) is 12.2 Å². The molecular weight excluding hydrogens is 338 g/mol. The molecule has 1 fully saturated rings. The summed E-state index contributed by atoms with van der Waals surface area (Å²) >= 11 is 6.86. The Hall–Kier alpha value is -2.05. The summed E-state index contributed by atoms with van der Waals surface area (Å²) in [5.74, 6) is 0.0115. The largest absolute Gasteiger partial charge is 0.383 e. The number of hydrogen-bond acceptors (Lipinski definition) is 5. The molecule has 1 atom stereocenters. The number of carbonyl (C=O) groups is 1. The standard InChI is InChI=1S/C18H19N3OS2/c1-13-8-6-7-11-15(13)19-12-16-17(22)21(18(23)24-16)20(2)14-9-4-3-5-10-14/h3-11,16,19H,12H2,1-2H3. The van der Waals surface area contributed by atoms with Crippen LogP contribution in [0.4, 0.5) is 11.4 Å². The molecule has 1 N–H and O–H groups in total. The van der Waals surface area contributed by atoms with Crippen molar-refractivity contribution < 1.29 is 4.79 Å². The fraction of sp³-hybridized carbons (Fsp3) is 0.222. The molecule has 2 aromatic carbocycles. The third kappa shape index (κ3) is 3.39. The molecule has 1 aliphatic rings. The van der Waals surface area contributed by atoms with Crippen LogP contribution in [0.2, 0.25) is 0 Å². The zero-order valence-electron chi connectivity index (χ0n) is 13.6. The van der Waals surface area contributed by atoms with Gasteiger partial charge in [-0.15, -0.1) is 0 Å². The number of hydrogen-bond donors (Lipinski definition) is 1. The Morgan fingerprint density at radius 1 is 1.17 bits per heavy atom. The van der Waals surface area contributed by atoms with E-state index in [9.17, 15) is 4.79 Å². The van der Waals surface area contributed by atoms with Crippen molar-refractivity contribution in [3.05, 3.63) is 60.2 Å². The first-order valence-corrected chi connectivity index (χ1v) is 8.99. The number of amides is 1. The second-order valence-electron chi connectivity index (χ2n) is 5.58. The minimum absolute atomic E-state index is 0.0115. The molecular formula is C18H19N3OS2. The second kappa shape index (κ2) is 7.23. The fourth-order valence-corrected chi connectivity index (χ4v) is 4.06. The number of hydrazine groups is 1. The van der Waals surface area contributed by atoms with Gasteiger partial charge in [0.1, 0.15) is 5.25 Å². The van der Waals surface area contributed by atoms with E-state index < -0.39 is 0 Å². The lowest BCUT2D eigenvalue weighted by molar-refractivity contribution is -0.126. The second-order valence-corrected chi connectivity index (χ2v) is 7.41. The van der Waals surface area contributed by atoms with Crippen molar-refractivity contribution in [3.8, 4) is 0 Å². The lowest BCUT2D eigenvalue weighted by Crippen LogP contribution is -2.45. The van der Waals surface area contributed by atoms with E-state index in [0.29, 0.717) is 10.9 Å². The van der Waals surface area contributed by atoms with Crippen LogP contribution in [0, 0.1) is 6.92 Å². The summed E-state index contributed by atoms with van der Waals surface area (Å²) in [6, 6.07) is 17.8. The maximum absolute atomic E-state index is 12.8. The average Bonchev–Trinajstić information content (AvgIpc) is 2.88. The monoisotopic (exact) mass is 357 g/mol. The number of anilines is 2. The van der Waals surface area contributed by atoms with Crippen LogP contribution in [0.15, 0.2) is 54.6 Å². The van der Waals surface area contributed by atoms with Crippen LogP contribution in [0.25, 0.3) is 0 Å². The van der Waals surface area contributed by atoms with Gasteiger partial charge in [0.25, 0.3) is 5.91 Å². The fourth-order valence-electron chi connectivity index (χ4n) is 2.58. The molecule has 4 nitrogen and oxygen atoms in total. The Morgan fingerprint density at radius 3 is 2.54 bits per heavy atom. The SMILES string of the molecule is Cc1ccccc1NCC1SC(=S)N(N(C)c2ccccc2)C1=O. The Kier molecular flexibility index (Phi) is 5.06. The molecule has 1 saturated heterocycles. The van der Waals surface area contributed by atoms with Crippen LogP contribution >= 0.6 is 24.0 Å². The summed E-state index contributed by atoms with van der Waals surface area (Å²) in [6.07, 6.45) is 0. The first-order chi connectivity index (χ1) is 11.6. The van der Waals surface area contributed by atoms with Gasteiger partial charge in [-0.3, -0.25) is 9.80 Å². The maximum atomic E-state index is 12.8. The molecule has 0 saturated carbocycles. The van der Waals surface area contributed by atoms with Gasteiger partial charge < -0.3 is 5.32 Å². The minimum Gasteiger partial charge on any atom is -0.383 e. The highest BCUT2D eigenvalue weighted by Crippen LogP contribution is 2.30. The van der Waals surface area contributed by atoms with E-state index in [-0.39, 0.29) is 11.2 Å². The van der Waals surface area contributed by atoms with Gasteiger partial charge in [0.2, 0.25) is 0 Å². The third-order valence-electron chi connectivity index (χ3n) is 3.95. The molecule has 6 heteroatoms. The molecule has 0 aromatic heterocycles. The van der Waals surface area contributed by atoms with Gasteiger partial charge in [-0.05, 0) is 30.7 Å². The van der Waals surface area contributed by atoms with Crippen LogP contribution in [0.1, 0.15) is 5.56 Å². The van der Waals surface area contributed by atoms with Crippen LogP contribution < -0.4 is 10.3 Å². The number of thioether (sulfide) groups is 1. The van der Waals surface area contributed by atoms with E-state index in [1.165, 1.54) is 11.8 Å². The van der Waals surface area contributed by atoms with Crippen molar-refractivity contribution in [1.82, 2.24) is 5.01 Å². The van der Waals surface area contributed by atoms with Gasteiger partial charge >= 0.3 is 0 Å². The van der Waals surface area contributed by atoms with Crippen molar-refractivity contribution >= 4 is 45.6 Å². The van der Waals surface area contributed by atoms with Crippen molar-refractivity contribution in [1.29, 1.82) is 0 Å². The molecule has 0 radical (unpaired) electrons. The number of thiocarbonyl (C=S) groups is 1. The molecule has 0 spiro atoms. The van der Waals surface area contributed by atoms with Crippen LogP contribution in [0.3, 0.4) is 0 Å². The number of para-hydroxylation sites is 2. The zero-order chi connectivity index (χ0) is 17.1. The molecule has 0 aliphatic carbocycles. The molecule has 124 valence electrons. The lowest BCUT2D eigenvalue weighted by atomic mass is 10.2. The molecule has 2 aromatic rings. The first kappa shape index (κ1) is 16.8. The number of carbonyl (C=O) groups excluding carboxylic acids is 1. The van der Waals surface area contributed by atoms with Crippen LogP contribution in [0.5, 0.6) is 0 Å². The smallest absolute Gasteiger partial charge is 0.262 e. The Labute approximate surface area is 151 Å². The van der Waals surface area contributed by atoms with Gasteiger partial charge in [-0.2, -0.15) is 0 Å². The van der Waals surface area contributed by atoms with Gasteiger partial charge in [0.05, 0.1) is 5.69 Å². The van der Waals surface area contributed by atoms with Crippen molar-refractivity contribution in [3.63, 3.8) is 0 Å². The molecule has 1 heterocycles. The van der Waals surface area contributed by atoms with Crippen molar-refractivity contribution in [2.24, 2.45) is 0 Å². The molecule has 0 bridgehead atoms. The quantitative estimate of drug-likeness (QED) is 0.826. The Bertz CT molecular complexity index is 751. The van der Waals surface area contributed by atoms with Crippen LogP contribution in [-0.4, -0.2) is 34.1 Å². The van der Waals surface area contributed by atoms with E-state index in [2.05, 4.69) is 5.32 Å². The zero-order valence-corrected chi connectivity index (χ0v) is 15.2. The molecule has 1 aliphatic heterocycles. The summed E-state index contributed by atoms with van der Waals surface area (Å²) in [5, 5.41) is 6.53. The molecule has 1 unspecified atom stereocenters. The third-order valence-corrected chi connectivity index (χ3v) is 5.44. The van der Waals surface area contributed by atoms with Gasteiger partial charge in [0.15, 0.2) is 4.32 Å². The molecule has 1 amide bonds. The summed E-state index contributed by atoms with van der Waals surface area (Å²) in [4.78, 5) is 12.8. The van der Waals surface area contributed by atoms with E-state index in [4.69, 9.17) is 12.2 Å². The average molecular weight is 358 g/mol. The lowest BCUT2D eigenvalue weighted by Gasteiger charge is -2.29. The van der Waals surface area contributed by atoms with Gasteiger partial charge in [0, 0.05) is 19.3 Å². The Balaban J connectivity index is 1.69. The van der Waals surface area contributed by atoms with E-state index >= 15 is 0 Å². The Morgan fingerprint density at radius 2 is 1.83 bits per heavy atom. The maximum Gasteiger partial charge on any atom is 0.262 e. The normalized spacial score (nSPS) is 17.2. The number of nitrogens with zero attached hydrogens (tertiary/aromatic N) is 2. The van der Waals surface area contributed by atoms with Crippen molar-refractivity contribution in [2.75, 3.05) is 23.9 Å². The highest BCUT2D eigenvalue weighted by Gasteiger charge is 2.39. The van der Waals surface area contributed by atoms with Crippen LogP contribution in [-0.2, 0) is 4.79 Å². The number of nitrogens with one attached hydrogen (secondary N) is 1. The summed E-state index contributed by atoms with van der Waals surface area (Å²) in [7, 11) is 1.86. The topological polar surface area (TPSA) is 35.6 Å². The first-order valence-electron chi connectivity index (χ1n) is 7.70. The highest BCUT2D eigenvalue weighted by atomic mass is 32.2.